The zero-order valence-corrected chi connectivity index (χ0v) is 9.18. The predicted octanol–water partition coefficient (Wildman–Crippen LogP) is 3.13. The Morgan fingerprint density at radius 1 is 1.24 bits per heavy atom. The largest absolute Gasteiger partial charge is 0.456 e. The van der Waals surface area contributed by atoms with Gasteiger partial charge in [0.25, 0.3) is 0 Å². The van der Waals surface area contributed by atoms with Crippen molar-refractivity contribution in [2.24, 2.45) is 0 Å². The van der Waals surface area contributed by atoms with Gasteiger partial charge in [0.1, 0.15) is 17.3 Å². The molecule has 0 aliphatic carbocycles. The normalized spacial score (nSPS) is 10.0. The Balaban J connectivity index is 2.24. The topological polar surface area (TPSA) is 39.2 Å². The fraction of sp³-hybridized carbons (Fsp3) is 0.0769. The van der Waals surface area contributed by atoms with Gasteiger partial charge in [-0.2, -0.15) is 0 Å². The fourth-order valence-electron chi connectivity index (χ4n) is 1.33. The van der Waals surface area contributed by atoms with Gasteiger partial charge in [0.2, 0.25) is 0 Å². The van der Waals surface area contributed by atoms with Crippen molar-refractivity contribution in [2.75, 3.05) is 0 Å². The molecule has 0 unspecified atom stereocenters. The van der Waals surface area contributed by atoms with Crippen molar-refractivity contribution in [2.45, 2.75) is 6.92 Å². The number of carbonyl (C=O) groups is 1. The van der Waals surface area contributed by atoms with Crippen LogP contribution in [0.5, 0.6) is 11.5 Å². The Bertz CT molecular complexity index is 555. The van der Waals surface area contributed by atoms with Gasteiger partial charge in [0.05, 0.1) is 6.20 Å². The van der Waals surface area contributed by atoms with Crippen molar-refractivity contribution < 1.29 is 13.9 Å². The highest BCUT2D eigenvalue weighted by Crippen LogP contribution is 2.22. The molecule has 0 N–H and O–H groups in total. The first-order chi connectivity index (χ1) is 8.19. The van der Waals surface area contributed by atoms with E-state index in [0.717, 1.165) is 0 Å². The molecule has 1 aromatic heterocycles. The Morgan fingerprint density at radius 3 is 2.76 bits per heavy atom. The average molecular weight is 231 g/mol. The van der Waals surface area contributed by atoms with E-state index in [-0.39, 0.29) is 5.82 Å². The summed E-state index contributed by atoms with van der Waals surface area (Å²) in [4.78, 5) is 14.4. The van der Waals surface area contributed by atoms with E-state index in [4.69, 9.17) is 4.74 Å². The summed E-state index contributed by atoms with van der Waals surface area (Å²) in [6.07, 6.45) is 3.57. The first kappa shape index (κ1) is 11.3. The number of aldehydes is 1. The zero-order valence-electron chi connectivity index (χ0n) is 9.18. The molecule has 0 atom stereocenters. The minimum atomic E-state index is -0.331. The van der Waals surface area contributed by atoms with Crippen LogP contribution in [0, 0.1) is 12.7 Å². The minimum Gasteiger partial charge on any atom is -0.456 e. The van der Waals surface area contributed by atoms with Crippen LogP contribution in [-0.4, -0.2) is 11.3 Å². The van der Waals surface area contributed by atoms with Crippen molar-refractivity contribution in [1.82, 2.24) is 4.98 Å². The van der Waals surface area contributed by atoms with Crippen molar-refractivity contribution >= 4 is 6.29 Å². The molecule has 0 saturated heterocycles. The van der Waals surface area contributed by atoms with Gasteiger partial charge in [-0.05, 0) is 24.6 Å². The standard InChI is InChI=1S/C13H10FNO2/c1-9-2-3-11(5-13(9)14)17-12-4-10(8-16)6-15-7-12/h2-8H,1H3. The van der Waals surface area contributed by atoms with Gasteiger partial charge < -0.3 is 4.74 Å². The summed E-state index contributed by atoms with van der Waals surface area (Å²) in [6, 6.07) is 6.12. The summed E-state index contributed by atoms with van der Waals surface area (Å²) in [6.45, 7) is 1.67. The highest BCUT2D eigenvalue weighted by atomic mass is 19.1. The van der Waals surface area contributed by atoms with Crippen LogP contribution in [0.15, 0.2) is 36.7 Å². The molecular formula is C13H10FNO2. The lowest BCUT2D eigenvalue weighted by molar-refractivity contribution is 0.112. The van der Waals surface area contributed by atoms with E-state index in [2.05, 4.69) is 4.98 Å². The van der Waals surface area contributed by atoms with Crippen LogP contribution in [0.2, 0.25) is 0 Å². The van der Waals surface area contributed by atoms with Crippen LogP contribution in [0.4, 0.5) is 4.39 Å². The molecule has 0 radical (unpaired) electrons. The molecule has 3 nitrogen and oxygen atoms in total. The number of benzene rings is 1. The second-order valence-electron chi connectivity index (χ2n) is 3.58. The second-order valence-corrected chi connectivity index (χ2v) is 3.58. The SMILES string of the molecule is Cc1ccc(Oc2cncc(C=O)c2)cc1F. The number of halogens is 1. The van der Waals surface area contributed by atoms with E-state index in [1.54, 1.807) is 19.1 Å². The van der Waals surface area contributed by atoms with Gasteiger partial charge in [-0.15, -0.1) is 0 Å². The van der Waals surface area contributed by atoms with E-state index in [1.165, 1.54) is 24.5 Å². The molecule has 0 amide bonds. The van der Waals surface area contributed by atoms with E-state index in [1.807, 2.05) is 0 Å². The summed E-state index contributed by atoms with van der Waals surface area (Å²) in [5.41, 5.74) is 0.965. The first-order valence-electron chi connectivity index (χ1n) is 5.03. The van der Waals surface area contributed by atoms with Gasteiger partial charge in [-0.3, -0.25) is 9.78 Å². The number of nitrogens with zero attached hydrogens (tertiary/aromatic N) is 1. The van der Waals surface area contributed by atoms with Crippen molar-refractivity contribution in [3.63, 3.8) is 0 Å². The van der Waals surface area contributed by atoms with Gasteiger partial charge >= 0.3 is 0 Å². The molecule has 0 aliphatic heterocycles. The smallest absolute Gasteiger partial charge is 0.151 e. The molecule has 0 fully saturated rings. The summed E-state index contributed by atoms with van der Waals surface area (Å²) in [5.74, 6) is 0.442. The molecule has 0 bridgehead atoms. The van der Waals surface area contributed by atoms with Crippen molar-refractivity contribution in [3.8, 4) is 11.5 Å². The van der Waals surface area contributed by atoms with Crippen LogP contribution < -0.4 is 4.74 Å². The minimum absolute atomic E-state index is 0.331. The summed E-state index contributed by atoms with van der Waals surface area (Å²) < 4.78 is 18.7. The number of pyridine rings is 1. The van der Waals surface area contributed by atoms with E-state index >= 15 is 0 Å². The van der Waals surface area contributed by atoms with Crippen LogP contribution in [0.3, 0.4) is 0 Å². The summed E-state index contributed by atoms with van der Waals surface area (Å²) in [7, 11) is 0. The highest BCUT2D eigenvalue weighted by Gasteiger charge is 2.02. The van der Waals surface area contributed by atoms with Crippen LogP contribution in [0.25, 0.3) is 0 Å². The second kappa shape index (κ2) is 4.74. The Kier molecular flexibility index (Phi) is 3.14. The molecular weight excluding hydrogens is 221 g/mol. The number of rotatable bonds is 3. The molecule has 17 heavy (non-hydrogen) atoms. The Labute approximate surface area is 97.9 Å². The third kappa shape index (κ3) is 2.66. The maximum Gasteiger partial charge on any atom is 0.151 e. The number of aromatic nitrogens is 1. The summed E-state index contributed by atoms with van der Waals surface area (Å²) in [5, 5.41) is 0. The third-order valence-corrected chi connectivity index (χ3v) is 2.25. The van der Waals surface area contributed by atoms with Crippen LogP contribution in [-0.2, 0) is 0 Å². The molecule has 0 spiro atoms. The Morgan fingerprint density at radius 2 is 2.06 bits per heavy atom. The Hall–Kier alpha value is -2.23. The predicted molar refractivity (Wildman–Crippen MR) is 60.8 cm³/mol. The zero-order chi connectivity index (χ0) is 12.3. The molecule has 1 heterocycles. The monoisotopic (exact) mass is 231 g/mol. The number of ether oxygens (including phenoxy) is 1. The lowest BCUT2D eigenvalue weighted by Crippen LogP contribution is -1.90. The first-order valence-corrected chi connectivity index (χ1v) is 5.03. The fourth-order valence-corrected chi connectivity index (χ4v) is 1.33. The molecule has 2 aromatic rings. The summed E-state index contributed by atoms with van der Waals surface area (Å²) >= 11 is 0. The number of carbonyl (C=O) groups excluding carboxylic acids is 1. The molecule has 0 saturated carbocycles. The van der Waals surface area contributed by atoms with Gasteiger partial charge in [-0.1, -0.05) is 6.07 Å². The molecule has 4 heteroatoms. The van der Waals surface area contributed by atoms with Gasteiger partial charge in [0, 0.05) is 17.8 Å². The maximum absolute atomic E-state index is 13.3. The van der Waals surface area contributed by atoms with Crippen LogP contribution >= 0.6 is 0 Å². The van der Waals surface area contributed by atoms with Crippen molar-refractivity contribution in [1.29, 1.82) is 0 Å². The van der Waals surface area contributed by atoms with Gasteiger partial charge in [0.15, 0.2) is 6.29 Å². The highest BCUT2D eigenvalue weighted by molar-refractivity contribution is 5.74. The molecule has 86 valence electrons. The molecule has 1 aromatic carbocycles. The number of aryl methyl sites for hydroxylation is 1. The third-order valence-electron chi connectivity index (χ3n) is 2.25. The number of hydrogen-bond donors (Lipinski definition) is 0. The van der Waals surface area contributed by atoms with Gasteiger partial charge in [-0.25, -0.2) is 4.39 Å². The molecule has 0 aliphatic rings. The number of hydrogen-bond acceptors (Lipinski definition) is 3. The van der Waals surface area contributed by atoms with Crippen LogP contribution in [0.1, 0.15) is 15.9 Å². The quantitative estimate of drug-likeness (QED) is 0.762. The average Bonchev–Trinajstić information content (AvgIpc) is 2.34. The lowest BCUT2D eigenvalue weighted by Gasteiger charge is -2.06. The molecule has 2 rings (SSSR count). The van der Waals surface area contributed by atoms with E-state index in [0.29, 0.717) is 28.9 Å². The van der Waals surface area contributed by atoms with E-state index in [9.17, 15) is 9.18 Å². The lowest BCUT2D eigenvalue weighted by atomic mass is 10.2. The maximum atomic E-state index is 13.3. The van der Waals surface area contributed by atoms with Crippen molar-refractivity contribution in [3.05, 3.63) is 53.6 Å². The van der Waals surface area contributed by atoms with E-state index < -0.39 is 0 Å².